The number of nitrogens with two attached hydrogens (primary N) is 1. The van der Waals surface area contributed by atoms with Crippen LogP contribution in [0.3, 0.4) is 0 Å². The van der Waals surface area contributed by atoms with Crippen LogP contribution in [-0.4, -0.2) is 16.4 Å². The van der Waals surface area contributed by atoms with Gasteiger partial charge < -0.3 is 5.73 Å². The van der Waals surface area contributed by atoms with Gasteiger partial charge in [0.15, 0.2) is 5.17 Å². The highest BCUT2D eigenvalue weighted by molar-refractivity contribution is 8.13. The third kappa shape index (κ3) is 5.27. The van der Waals surface area contributed by atoms with Gasteiger partial charge in [-0.3, -0.25) is 0 Å². The summed E-state index contributed by atoms with van der Waals surface area (Å²) in [4.78, 5) is 4.08. The Hall–Kier alpha value is -3.43. The van der Waals surface area contributed by atoms with E-state index >= 15 is 0 Å². The van der Waals surface area contributed by atoms with Crippen LogP contribution in [0.2, 0.25) is 0 Å². The summed E-state index contributed by atoms with van der Waals surface area (Å²) in [6, 6.07) is 23.5. The zero-order valence-corrected chi connectivity index (χ0v) is 15.3. The van der Waals surface area contributed by atoms with E-state index in [4.69, 9.17) is 11.0 Å². The Morgan fingerprint density at radius 3 is 2.59 bits per heavy atom. The van der Waals surface area contributed by atoms with Gasteiger partial charge in [-0.05, 0) is 28.8 Å². The van der Waals surface area contributed by atoms with Crippen molar-refractivity contribution in [2.24, 2.45) is 15.9 Å². The molecule has 2 aromatic carbocycles. The van der Waals surface area contributed by atoms with Gasteiger partial charge in [0.25, 0.3) is 0 Å². The van der Waals surface area contributed by atoms with E-state index in [2.05, 4.69) is 21.3 Å². The molecule has 0 atom stereocenters. The Labute approximate surface area is 162 Å². The summed E-state index contributed by atoms with van der Waals surface area (Å²) >= 11 is 1.44. The molecule has 0 unspecified atom stereocenters. The number of aromatic nitrogens is 1. The molecule has 6 heteroatoms. The lowest BCUT2D eigenvalue weighted by Gasteiger charge is -2.03. The van der Waals surface area contributed by atoms with Crippen LogP contribution in [0.5, 0.6) is 0 Å². The molecule has 0 saturated carbocycles. The van der Waals surface area contributed by atoms with Crippen molar-refractivity contribution in [3.8, 4) is 17.2 Å². The smallest absolute Gasteiger partial charge is 0.180 e. The fourth-order valence-electron chi connectivity index (χ4n) is 2.39. The van der Waals surface area contributed by atoms with E-state index in [1.54, 1.807) is 12.4 Å². The van der Waals surface area contributed by atoms with Crippen molar-refractivity contribution in [1.82, 2.24) is 4.98 Å². The second kappa shape index (κ2) is 9.32. The molecule has 0 spiro atoms. The van der Waals surface area contributed by atoms with Gasteiger partial charge in [-0.15, -0.1) is 5.10 Å². The molecule has 0 aliphatic carbocycles. The number of hydrogen-bond donors (Lipinski definition) is 1. The number of nitrogens with zero attached hydrogens (tertiary/aromatic N) is 4. The monoisotopic (exact) mass is 371 g/mol. The lowest BCUT2D eigenvalue weighted by Crippen LogP contribution is -2.05. The highest BCUT2D eigenvalue weighted by Gasteiger charge is 2.04. The molecular weight excluding hydrogens is 354 g/mol. The molecule has 0 fully saturated rings. The molecule has 0 bridgehead atoms. The van der Waals surface area contributed by atoms with Crippen molar-refractivity contribution >= 4 is 23.1 Å². The second-order valence-corrected chi connectivity index (χ2v) is 6.59. The van der Waals surface area contributed by atoms with Crippen molar-refractivity contribution in [2.45, 2.75) is 5.75 Å². The molecule has 132 valence electrons. The zero-order valence-electron chi connectivity index (χ0n) is 14.5. The maximum Gasteiger partial charge on any atom is 0.180 e. The van der Waals surface area contributed by atoms with Crippen LogP contribution in [0, 0.1) is 11.3 Å². The second-order valence-electron chi connectivity index (χ2n) is 5.59. The number of amidine groups is 1. The normalized spacial score (nSPS) is 11.4. The van der Waals surface area contributed by atoms with Gasteiger partial charge in [0.1, 0.15) is 11.8 Å². The largest absolute Gasteiger partial charge is 0.377 e. The van der Waals surface area contributed by atoms with E-state index in [-0.39, 0.29) is 0 Å². The fraction of sp³-hybridized carbons (Fsp3) is 0.0476. The van der Waals surface area contributed by atoms with E-state index in [1.807, 2.05) is 66.7 Å². The summed E-state index contributed by atoms with van der Waals surface area (Å²) in [5.41, 5.74) is 10.1. The van der Waals surface area contributed by atoms with Crippen molar-refractivity contribution in [3.63, 3.8) is 0 Å². The minimum absolute atomic E-state index is 0.409. The van der Waals surface area contributed by atoms with Gasteiger partial charge in [0, 0.05) is 17.5 Å². The van der Waals surface area contributed by atoms with E-state index in [9.17, 15) is 0 Å². The van der Waals surface area contributed by atoms with E-state index in [0.29, 0.717) is 10.9 Å². The molecule has 0 saturated heterocycles. The van der Waals surface area contributed by atoms with Crippen molar-refractivity contribution in [3.05, 3.63) is 89.7 Å². The van der Waals surface area contributed by atoms with Crippen LogP contribution in [0.15, 0.2) is 83.1 Å². The summed E-state index contributed by atoms with van der Waals surface area (Å²) in [7, 11) is 0. The third-order valence-corrected chi connectivity index (χ3v) is 4.58. The molecule has 27 heavy (non-hydrogen) atoms. The van der Waals surface area contributed by atoms with E-state index < -0.39 is 0 Å². The number of benzene rings is 2. The van der Waals surface area contributed by atoms with Gasteiger partial charge in [-0.2, -0.15) is 10.4 Å². The first-order chi connectivity index (χ1) is 13.3. The molecule has 3 aromatic rings. The van der Waals surface area contributed by atoms with Crippen LogP contribution >= 0.6 is 11.8 Å². The summed E-state index contributed by atoms with van der Waals surface area (Å²) in [6.07, 6.45) is 3.26. The highest BCUT2D eigenvalue weighted by Crippen LogP contribution is 2.21. The molecule has 3 rings (SSSR count). The molecule has 2 N–H and O–H groups in total. The van der Waals surface area contributed by atoms with Crippen LogP contribution < -0.4 is 5.73 Å². The standard InChI is InChI=1S/C21H17N5S/c22-13-20-19(7-4-12-24-20)18-10-8-16(9-11-18)14-25-26-21(23)27-15-17-5-2-1-3-6-17/h1-12,14H,15H2,(H2,23,26). The number of hydrogen-bond acceptors (Lipinski definition) is 5. The predicted molar refractivity (Wildman–Crippen MR) is 111 cm³/mol. The molecule has 5 nitrogen and oxygen atoms in total. The number of nitriles is 1. The highest BCUT2D eigenvalue weighted by atomic mass is 32.2. The van der Waals surface area contributed by atoms with Crippen LogP contribution in [-0.2, 0) is 5.75 Å². The molecule has 1 heterocycles. The number of thioether (sulfide) groups is 1. The van der Waals surface area contributed by atoms with Gasteiger partial charge >= 0.3 is 0 Å². The Morgan fingerprint density at radius 1 is 1.07 bits per heavy atom. The van der Waals surface area contributed by atoms with Crippen molar-refractivity contribution in [1.29, 1.82) is 5.26 Å². The average Bonchev–Trinajstić information content (AvgIpc) is 2.73. The zero-order chi connectivity index (χ0) is 18.9. The van der Waals surface area contributed by atoms with Crippen LogP contribution in [0.1, 0.15) is 16.8 Å². The first kappa shape index (κ1) is 18.4. The van der Waals surface area contributed by atoms with Gasteiger partial charge in [-0.1, -0.05) is 66.4 Å². The topological polar surface area (TPSA) is 87.4 Å². The molecule has 0 aliphatic rings. The van der Waals surface area contributed by atoms with E-state index in [0.717, 1.165) is 22.4 Å². The average molecular weight is 371 g/mol. The lowest BCUT2D eigenvalue weighted by molar-refractivity contribution is 1.25. The number of rotatable bonds is 5. The summed E-state index contributed by atoms with van der Waals surface area (Å²) in [5.74, 6) is 0.757. The maximum absolute atomic E-state index is 9.16. The Bertz CT molecular complexity index is 989. The third-order valence-electron chi connectivity index (χ3n) is 3.73. The Kier molecular flexibility index (Phi) is 6.34. The predicted octanol–water partition coefficient (Wildman–Crippen LogP) is 4.20. The minimum Gasteiger partial charge on any atom is -0.377 e. The first-order valence-corrected chi connectivity index (χ1v) is 9.23. The van der Waals surface area contributed by atoms with Crippen molar-refractivity contribution < 1.29 is 0 Å². The summed E-state index contributed by atoms with van der Waals surface area (Å²) < 4.78 is 0. The molecule has 1 aromatic heterocycles. The molecule has 0 radical (unpaired) electrons. The van der Waals surface area contributed by atoms with Crippen LogP contribution in [0.25, 0.3) is 11.1 Å². The summed E-state index contributed by atoms with van der Waals surface area (Å²) in [6.45, 7) is 0. The first-order valence-electron chi connectivity index (χ1n) is 8.25. The quantitative estimate of drug-likeness (QED) is 0.413. The Morgan fingerprint density at radius 2 is 1.85 bits per heavy atom. The van der Waals surface area contributed by atoms with Gasteiger partial charge in [0.2, 0.25) is 0 Å². The van der Waals surface area contributed by atoms with Crippen molar-refractivity contribution in [2.75, 3.05) is 0 Å². The lowest BCUT2D eigenvalue weighted by atomic mass is 10.0. The Balaban J connectivity index is 1.61. The fourth-order valence-corrected chi connectivity index (χ4v) is 3.00. The number of pyridine rings is 1. The minimum atomic E-state index is 0.409. The van der Waals surface area contributed by atoms with Gasteiger partial charge in [0.05, 0.1) is 6.21 Å². The molecular formula is C21H17N5S. The van der Waals surface area contributed by atoms with Crippen LogP contribution in [0.4, 0.5) is 0 Å². The van der Waals surface area contributed by atoms with Gasteiger partial charge in [-0.25, -0.2) is 4.98 Å². The van der Waals surface area contributed by atoms with E-state index in [1.165, 1.54) is 17.3 Å². The maximum atomic E-state index is 9.16. The molecule has 0 aliphatic heterocycles. The SMILES string of the molecule is N#Cc1ncccc1-c1ccc(C=NN=C(N)SCc2ccccc2)cc1. The molecule has 0 amide bonds. The summed E-state index contributed by atoms with van der Waals surface area (Å²) in [5, 5.41) is 17.6.